The van der Waals surface area contributed by atoms with Crippen molar-refractivity contribution in [1.29, 1.82) is 0 Å². The minimum atomic E-state index is -0.593. The van der Waals surface area contributed by atoms with E-state index in [1.807, 2.05) is 0 Å². The van der Waals surface area contributed by atoms with Gasteiger partial charge in [-0.25, -0.2) is 0 Å². The second-order valence-corrected chi connectivity index (χ2v) is 4.85. The van der Waals surface area contributed by atoms with Crippen LogP contribution in [-0.2, 0) is 0 Å². The monoisotopic (exact) mass is 291 g/mol. The van der Waals surface area contributed by atoms with E-state index in [4.69, 9.17) is 16.2 Å². The lowest BCUT2D eigenvalue weighted by molar-refractivity contribution is 0.100. The van der Waals surface area contributed by atoms with Gasteiger partial charge >= 0.3 is 0 Å². The van der Waals surface area contributed by atoms with Crippen LogP contribution in [0.5, 0.6) is 5.75 Å². The number of nitrogens with one attached hydrogen (secondary N) is 1. The molecule has 5 N–H and O–H groups in total. The SMILES string of the molecule is COc1ccc(C(=O)Nc2sccc2C(N)=O)c(N)c1. The molecular weight excluding hydrogens is 278 g/mol. The first-order valence-electron chi connectivity index (χ1n) is 5.65. The number of nitrogens with two attached hydrogens (primary N) is 2. The Morgan fingerprint density at radius 1 is 1.25 bits per heavy atom. The molecule has 104 valence electrons. The van der Waals surface area contributed by atoms with Crippen LogP contribution >= 0.6 is 11.3 Å². The van der Waals surface area contributed by atoms with Crippen LogP contribution in [0.4, 0.5) is 10.7 Å². The predicted molar refractivity (Wildman–Crippen MR) is 78.2 cm³/mol. The van der Waals surface area contributed by atoms with Crippen LogP contribution in [0.3, 0.4) is 0 Å². The lowest BCUT2D eigenvalue weighted by Gasteiger charge is -2.08. The van der Waals surface area contributed by atoms with Gasteiger partial charge in [0, 0.05) is 11.8 Å². The molecule has 7 heteroatoms. The van der Waals surface area contributed by atoms with Gasteiger partial charge in [0.05, 0.1) is 18.2 Å². The smallest absolute Gasteiger partial charge is 0.258 e. The molecule has 0 saturated carbocycles. The molecule has 0 radical (unpaired) electrons. The molecule has 6 nitrogen and oxygen atoms in total. The summed E-state index contributed by atoms with van der Waals surface area (Å²) in [5.74, 6) is -0.438. The fourth-order valence-electron chi connectivity index (χ4n) is 1.65. The average molecular weight is 291 g/mol. The topological polar surface area (TPSA) is 107 Å². The van der Waals surface area contributed by atoms with Gasteiger partial charge in [-0.1, -0.05) is 0 Å². The Bertz CT molecular complexity index is 667. The maximum absolute atomic E-state index is 12.1. The Morgan fingerprint density at radius 3 is 2.60 bits per heavy atom. The zero-order chi connectivity index (χ0) is 14.7. The molecule has 1 heterocycles. The lowest BCUT2D eigenvalue weighted by Crippen LogP contribution is -2.17. The molecule has 0 aliphatic carbocycles. The number of carbonyl (C=O) groups excluding carboxylic acids is 2. The van der Waals surface area contributed by atoms with Gasteiger partial charge in [0.25, 0.3) is 11.8 Å². The van der Waals surface area contributed by atoms with Gasteiger partial charge in [-0.15, -0.1) is 11.3 Å². The molecular formula is C13H13N3O3S. The Balaban J connectivity index is 2.24. The van der Waals surface area contributed by atoms with Gasteiger partial charge in [0.2, 0.25) is 0 Å². The molecule has 1 aromatic carbocycles. The highest BCUT2D eigenvalue weighted by atomic mass is 32.1. The van der Waals surface area contributed by atoms with Crippen LogP contribution in [0, 0.1) is 0 Å². The average Bonchev–Trinajstić information content (AvgIpc) is 2.86. The maximum atomic E-state index is 12.1. The molecule has 20 heavy (non-hydrogen) atoms. The molecule has 2 amide bonds. The zero-order valence-electron chi connectivity index (χ0n) is 10.7. The van der Waals surface area contributed by atoms with E-state index in [0.717, 1.165) is 0 Å². The number of benzene rings is 1. The summed E-state index contributed by atoms with van der Waals surface area (Å²) in [6.07, 6.45) is 0. The number of rotatable bonds is 4. The second-order valence-electron chi connectivity index (χ2n) is 3.93. The number of hydrogen-bond acceptors (Lipinski definition) is 5. The van der Waals surface area contributed by atoms with E-state index in [1.54, 1.807) is 29.6 Å². The Hall–Kier alpha value is -2.54. The van der Waals surface area contributed by atoms with Crippen LogP contribution in [0.25, 0.3) is 0 Å². The lowest BCUT2D eigenvalue weighted by atomic mass is 10.1. The molecule has 2 rings (SSSR count). The second kappa shape index (κ2) is 5.62. The molecule has 2 aromatic rings. The molecule has 0 unspecified atom stereocenters. The fraction of sp³-hybridized carbons (Fsp3) is 0.0769. The fourth-order valence-corrected chi connectivity index (χ4v) is 2.43. The number of nitrogen functional groups attached to an aromatic ring is 1. The van der Waals surface area contributed by atoms with E-state index in [-0.39, 0.29) is 5.56 Å². The Morgan fingerprint density at radius 2 is 2.00 bits per heavy atom. The van der Waals surface area contributed by atoms with Crippen molar-refractivity contribution in [3.8, 4) is 5.75 Å². The standard InChI is InChI=1S/C13H13N3O3S/c1-19-7-2-3-8(10(14)6-7)12(18)16-13-9(11(15)17)4-5-20-13/h2-6H,14H2,1H3,(H2,15,17)(H,16,18). The number of ether oxygens (including phenoxy) is 1. The highest BCUT2D eigenvalue weighted by Crippen LogP contribution is 2.25. The minimum absolute atomic E-state index is 0.274. The summed E-state index contributed by atoms with van der Waals surface area (Å²) in [5.41, 5.74) is 11.9. The number of carbonyl (C=O) groups is 2. The largest absolute Gasteiger partial charge is 0.497 e. The molecule has 0 aliphatic rings. The van der Waals surface area contributed by atoms with Gasteiger partial charge in [-0.3, -0.25) is 9.59 Å². The maximum Gasteiger partial charge on any atom is 0.258 e. The molecule has 0 aliphatic heterocycles. The summed E-state index contributed by atoms with van der Waals surface area (Å²) in [4.78, 5) is 23.3. The number of thiophene rings is 1. The zero-order valence-corrected chi connectivity index (χ0v) is 11.5. The van der Waals surface area contributed by atoms with Crippen molar-refractivity contribution in [3.05, 3.63) is 40.8 Å². The number of hydrogen-bond donors (Lipinski definition) is 3. The van der Waals surface area contributed by atoms with E-state index in [9.17, 15) is 9.59 Å². The predicted octanol–water partition coefficient (Wildman–Crippen LogP) is 1.69. The number of amides is 2. The quantitative estimate of drug-likeness (QED) is 0.745. The van der Waals surface area contributed by atoms with Crippen LogP contribution < -0.4 is 21.5 Å². The molecule has 0 bridgehead atoms. The van der Waals surface area contributed by atoms with E-state index in [2.05, 4.69) is 5.32 Å². The van der Waals surface area contributed by atoms with Crippen molar-refractivity contribution in [3.63, 3.8) is 0 Å². The van der Waals surface area contributed by atoms with Crippen molar-refractivity contribution in [2.75, 3.05) is 18.2 Å². The highest BCUT2D eigenvalue weighted by Gasteiger charge is 2.15. The van der Waals surface area contributed by atoms with E-state index in [1.165, 1.54) is 18.4 Å². The Kier molecular flexibility index (Phi) is 3.90. The van der Waals surface area contributed by atoms with Crippen LogP contribution in [0.2, 0.25) is 0 Å². The summed E-state index contributed by atoms with van der Waals surface area (Å²) in [6, 6.07) is 6.30. The minimum Gasteiger partial charge on any atom is -0.497 e. The van der Waals surface area contributed by atoms with Crippen molar-refractivity contribution >= 4 is 33.8 Å². The number of primary amides is 1. The van der Waals surface area contributed by atoms with Gasteiger partial charge in [-0.2, -0.15) is 0 Å². The molecule has 0 atom stereocenters. The van der Waals surface area contributed by atoms with Gasteiger partial charge in [0.15, 0.2) is 0 Å². The summed E-state index contributed by atoms with van der Waals surface area (Å²) >= 11 is 1.22. The van der Waals surface area contributed by atoms with Gasteiger partial charge < -0.3 is 21.5 Å². The summed E-state index contributed by atoms with van der Waals surface area (Å²) < 4.78 is 5.02. The molecule has 0 fully saturated rings. The third kappa shape index (κ3) is 2.72. The Labute approximate surface area is 119 Å². The third-order valence-electron chi connectivity index (χ3n) is 2.66. The van der Waals surface area contributed by atoms with Crippen LogP contribution in [0.15, 0.2) is 29.6 Å². The normalized spacial score (nSPS) is 10.1. The molecule has 0 saturated heterocycles. The van der Waals surface area contributed by atoms with Gasteiger partial charge in [-0.05, 0) is 23.6 Å². The number of methoxy groups -OCH3 is 1. The first kappa shape index (κ1) is 13.9. The van der Waals surface area contributed by atoms with Crippen molar-refractivity contribution in [2.24, 2.45) is 5.73 Å². The molecule has 1 aromatic heterocycles. The number of anilines is 2. The summed E-state index contributed by atoms with van der Waals surface area (Å²) in [7, 11) is 1.51. The third-order valence-corrected chi connectivity index (χ3v) is 3.49. The van der Waals surface area contributed by atoms with E-state index >= 15 is 0 Å². The molecule has 0 spiro atoms. The van der Waals surface area contributed by atoms with E-state index in [0.29, 0.717) is 22.0 Å². The van der Waals surface area contributed by atoms with E-state index < -0.39 is 11.8 Å². The summed E-state index contributed by atoms with van der Waals surface area (Å²) in [5, 5.41) is 4.70. The van der Waals surface area contributed by atoms with Crippen molar-refractivity contribution < 1.29 is 14.3 Å². The summed E-state index contributed by atoms with van der Waals surface area (Å²) in [6.45, 7) is 0. The van der Waals surface area contributed by atoms with Crippen LogP contribution in [-0.4, -0.2) is 18.9 Å². The van der Waals surface area contributed by atoms with Crippen LogP contribution in [0.1, 0.15) is 20.7 Å². The first-order valence-corrected chi connectivity index (χ1v) is 6.53. The van der Waals surface area contributed by atoms with Crippen molar-refractivity contribution in [2.45, 2.75) is 0 Å². The van der Waals surface area contributed by atoms with Gasteiger partial charge in [0.1, 0.15) is 10.8 Å². The highest BCUT2D eigenvalue weighted by molar-refractivity contribution is 7.14. The first-order chi connectivity index (χ1) is 9.52. The van der Waals surface area contributed by atoms with Crippen molar-refractivity contribution in [1.82, 2.24) is 0 Å².